The third kappa shape index (κ3) is 3.89. The minimum Gasteiger partial charge on any atom is -0.493 e. The highest BCUT2D eigenvalue weighted by Crippen LogP contribution is 2.34. The number of ether oxygens (including phenoxy) is 3. The molecule has 0 aliphatic carbocycles. The summed E-state index contributed by atoms with van der Waals surface area (Å²) in [5.41, 5.74) is 4.25. The van der Waals surface area contributed by atoms with E-state index in [9.17, 15) is 5.26 Å². The Balaban J connectivity index is 1.68. The maximum atomic E-state index is 9.42. The quantitative estimate of drug-likeness (QED) is 0.646. The van der Waals surface area contributed by atoms with Gasteiger partial charge in [0.1, 0.15) is 6.10 Å². The molecule has 0 amide bonds. The summed E-state index contributed by atoms with van der Waals surface area (Å²) in [4.78, 5) is 9.85. The summed E-state index contributed by atoms with van der Waals surface area (Å²) in [6.07, 6.45) is 0.856. The van der Waals surface area contributed by atoms with Crippen molar-refractivity contribution in [2.75, 3.05) is 32.2 Å². The number of nitrogens with one attached hydrogen (secondary N) is 1. The summed E-state index contributed by atoms with van der Waals surface area (Å²) >= 11 is 0. The Hall–Kier alpha value is -3.57. The molecule has 0 radical (unpaired) electrons. The van der Waals surface area contributed by atoms with Crippen molar-refractivity contribution in [2.45, 2.75) is 39.0 Å². The highest BCUT2D eigenvalue weighted by molar-refractivity contribution is 5.83. The van der Waals surface area contributed by atoms with Gasteiger partial charge >= 0.3 is 0 Å². The predicted molar refractivity (Wildman–Crippen MR) is 124 cm³/mol. The lowest BCUT2D eigenvalue weighted by Crippen LogP contribution is -2.19. The number of benzene rings is 2. The van der Waals surface area contributed by atoms with Gasteiger partial charge in [-0.3, -0.25) is 4.99 Å². The van der Waals surface area contributed by atoms with Crippen LogP contribution in [-0.4, -0.2) is 42.5 Å². The maximum absolute atomic E-state index is 9.42. The molecule has 1 fully saturated rings. The summed E-state index contributed by atoms with van der Waals surface area (Å²) in [5, 5.41) is 13.7. The average Bonchev–Trinajstić information content (AvgIpc) is 3.51. The van der Waals surface area contributed by atoms with Crippen molar-refractivity contribution in [1.29, 1.82) is 5.26 Å². The topological polar surface area (TPSA) is 93.7 Å². The number of aromatic nitrogens is 2. The number of nitriles is 1. The fourth-order valence-corrected chi connectivity index (χ4v) is 4.54. The highest BCUT2D eigenvalue weighted by atomic mass is 16.6. The molecule has 5 rings (SSSR count). The van der Waals surface area contributed by atoms with Crippen LogP contribution >= 0.6 is 0 Å². The van der Waals surface area contributed by atoms with Gasteiger partial charge in [-0.25, -0.2) is 0 Å². The van der Waals surface area contributed by atoms with Crippen molar-refractivity contribution in [3.05, 3.63) is 52.5 Å². The molecule has 0 spiro atoms. The first-order chi connectivity index (χ1) is 16.1. The van der Waals surface area contributed by atoms with Gasteiger partial charge in [0.2, 0.25) is 5.95 Å². The first-order valence-electron chi connectivity index (χ1n) is 11.2. The number of rotatable bonds is 5. The standard InChI is InChI=1S/C25H27N5O3/c1-15-17(13-26)5-4-6-19(15)16(2)28-24-20-11-23(33-18-7-10-32-14-18)22(31-3)12-21(20)30-9-8-27-25(30)29-24/h4-6,11-12,16,18H,7-10,14H2,1-3H3,(H,27,28,29). The zero-order valence-electron chi connectivity index (χ0n) is 19.1. The zero-order valence-corrected chi connectivity index (χ0v) is 19.1. The van der Waals surface area contributed by atoms with Gasteiger partial charge in [0.25, 0.3) is 0 Å². The normalized spacial score (nSPS) is 18.6. The van der Waals surface area contributed by atoms with Gasteiger partial charge in [-0.05, 0) is 37.1 Å². The molecular formula is C25H27N5O3. The Morgan fingerprint density at radius 1 is 1.33 bits per heavy atom. The number of nitrogens with zero attached hydrogens (tertiary/aromatic N) is 4. The van der Waals surface area contributed by atoms with Gasteiger partial charge in [-0.2, -0.15) is 10.2 Å². The van der Waals surface area contributed by atoms with Crippen molar-refractivity contribution < 1.29 is 14.2 Å². The molecule has 8 heteroatoms. The molecular weight excluding hydrogens is 418 g/mol. The Morgan fingerprint density at radius 3 is 2.97 bits per heavy atom. The molecule has 170 valence electrons. The summed E-state index contributed by atoms with van der Waals surface area (Å²) in [7, 11) is 1.65. The molecule has 8 nitrogen and oxygen atoms in total. The molecule has 33 heavy (non-hydrogen) atoms. The maximum Gasteiger partial charge on any atom is 0.205 e. The second-order valence-corrected chi connectivity index (χ2v) is 8.40. The van der Waals surface area contributed by atoms with E-state index in [1.807, 2.05) is 44.2 Å². The second kappa shape index (κ2) is 8.75. The molecule has 1 saturated heterocycles. The van der Waals surface area contributed by atoms with Crippen LogP contribution in [0.4, 0.5) is 5.95 Å². The highest BCUT2D eigenvalue weighted by Gasteiger charge is 2.22. The van der Waals surface area contributed by atoms with Crippen LogP contribution in [0.1, 0.15) is 36.1 Å². The lowest BCUT2D eigenvalue weighted by Gasteiger charge is -2.18. The van der Waals surface area contributed by atoms with E-state index in [-0.39, 0.29) is 12.1 Å². The van der Waals surface area contributed by atoms with Crippen LogP contribution in [0.2, 0.25) is 0 Å². The van der Waals surface area contributed by atoms with E-state index in [0.717, 1.165) is 47.5 Å². The van der Waals surface area contributed by atoms with E-state index >= 15 is 0 Å². The molecule has 3 aromatic rings. The Kier molecular flexibility index (Phi) is 5.65. The van der Waals surface area contributed by atoms with Crippen LogP contribution in [0.3, 0.4) is 0 Å². The third-order valence-corrected chi connectivity index (χ3v) is 6.34. The summed E-state index contributed by atoms with van der Waals surface area (Å²) < 4.78 is 19.5. The van der Waals surface area contributed by atoms with Crippen molar-refractivity contribution >= 4 is 16.9 Å². The predicted octanol–water partition coefficient (Wildman–Crippen LogP) is 3.48. The largest absolute Gasteiger partial charge is 0.493 e. The minimum atomic E-state index is -0.173. The third-order valence-electron chi connectivity index (χ3n) is 6.34. The smallest absolute Gasteiger partial charge is 0.205 e. The zero-order chi connectivity index (χ0) is 22.9. The lowest BCUT2D eigenvalue weighted by molar-refractivity contribution is 0.139. The van der Waals surface area contributed by atoms with Crippen LogP contribution in [0, 0.1) is 18.3 Å². The van der Waals surface area contributed by atoms with Gasteiger partial charge in [-0.1, -0.05) is 12.1 Å². The van der Waals surface area contributed by atoms with Crippen molar-refractivity contribution in [2.24, 2.45) is 4.99 Å². The molecule has 2 aromatic carbocycles. The van der Waals surface area contributed by atoms with Crippen LogP contribution in [-0.2, 0) is 11.3 Å². The number of hydrogen-bond donors (Lipinski definition) is 1. The first kappa shape index (κ1) is 21.3. The molecule has 2 aliphatic heterocycles. The number of fused-ring (bicyclic) bond motifs is 3. The summed E-state index contributed by atoms with van der Waals surface area (Å²) in [5.74, 6) is 2.13. The molecule has 2 atom stereocenters. The van der Waals surface area contributed by atoms with E-state index < -0.39 is 0 Å². The summed E-state index contributed by atoms with van der Waals surface area (Å²) in [6, 6.07) is 11.8. The fraction of sp³-hybridized carbons (Fsp3) is 0.400. The van der Waals surface area contributed by atoms with Crippen molar-refractivity contribution in [3.8, 4) is 17.6 Å². The van der Waals surface area contributed by atoms with Gasteiger partial charge < -0.3 is 24.1 Å². The van der Waals surface area contributed by atoms with Gasteiger partial charge in [-0.15, -0.1) is 0 Å². The van der Waals surface area contributed by atoms with Gasteiger partial charge in [0.15, 0.2) is 17.0 Å². The first-order valence-corrected chi connectivity index (χ1v) is 11.2. The Bertz CT molecular complexity index is 1320. The number of methoxy groups -OCH3 is 1. The SMILES string of the molecule is COc1cc2c(cc1OC1CCOC1)c(=NC(C)c1cccc(C#N)c1C)nc1n2CCN1. The van der Waals surface area contributed by atoms with Crippen LogP contribution in [0.15, 0.2) is 35.3 Å². The second-order valence-electron chi connectivity index (χ2n) is 8.40. The molecule has 2 unspecified atom stereocenters. The van der Waals surface area contributed by atoms with Crippen molar-refractivity contribution in [1.82, 2.24) is 9.55 Å². The van der Waals surface area contributed by atoms with Gasteiger partial charge in [0.05, 0.1) is 43.5 Å². The van der Waals surface area contributed by atoms with Crippen LogP contribution < -0.4 is 20.3 Å². The monoisotopic (exact) mass is 445 g/mol. The van der Waals surface area contributed by atoms with E-state index in [1.165, 1.54) is 0 Å². The van der Waals surface area contributed by atoms with E-state index in [1.54, 1.807) is 7.11 Å². The minimum absolute atomic E-state index is 0.00346. The fourth-order valence-electron chi connectivity index (χ4n) is 4.54. The molecule has 1 N–H and O–H groups in total. The average molecular weight is 446 g/mol. The molecule has 2 aliphatic rings. The Labute approximate surface area is 192 Å². The van der Waals surface area contributed by atoms with Gasteiger partial charge in [0, 0.05) is 31.0 Å². The van der Waals surface area contributed by atoms with Crippen LogP contribution in [0.25, 0.3) is 10.9 Å². The molecule has 0 bridgehead atoms. The molecule has 1 aromatic heterocycles. The van der Waals surface area contributed by atoms with E-state index in [2.05, 4.69) is 16.0 Å². The van der Waals surface area contributed by atoms with E-state index in [0.29, 0.717) is 35.8 Å². The Morgan fingerprint density at radius 2 is 2.21 bits per heavy atom. The van der Waals surface area contributed by atoms with Crippen molar-refractivity contribution in [3.63, 3.8) is 0 Å². The molecule has 0 saturated carbocycles. The molecule has 3 heterocycles. The summed E-state index contributed by atoms with van der Waals surface area (Å²) in [6.45, 7) is 6.90. The lowest BCUT2D eigenvalue weighted by atomic mass is 9.98. The number of hydrogen-bond acceptors (Lipinski definition) is 7. The van der Waals surface area contributed by atoms with E-state index in [4.69, 9.17) is 24.2 Å². The van der Waals surface area contributed by atoms with Crippen LogP contribution in [0.5, 0.6) is 11.5 Å². The number of anilines is 1.